The predicted molar refractivity (Wildman–Crippen MR) is 103 cm³/mol. The van der Waals surface area contributed by atoms with Crippen LogP contribution in [0.15, 0.2) is 40.9 Å². The van der Waals surface area contributed by atoms with Crippen molar-refractivity contribution >= 4 is 15.9 Å². The van der Waals surface area contributed by atoms with Crippen molar-refractivity contribution in [2.24, 2.45) is 0 Å². The van der Waals surface area contributed by atoms with Crippen LogP contribution in [0.25, 0.3) is 0 Å². The number of rotatable bonds is 5. The third-order valence-electron chi connectivity index (χ3n) is 5.32. The highest BCUT2D eigenvalue weighted by Gasteiger charge is 2.43. The zero-order valence-corrected chi connectivity index (χ0v) is 16.6. The molecule has 28 heavy (non-hydrogen) atoms. The highest BCUT2D eigenvalue weighted by Crippen LogP contribution is 2.23. The van der Waals surface area contributed by atoms with E-state index in [4.69, 9.17) is 4.52 Å². The number of nitrogens with zero attached hydrogens (tertiary/aromatic N) is 4. The molecule has 0 atom stereocenters. The van der Waals surface area contributed by atoms with Gasteiger partial charge in [-0.25, -0.2) is 8.42 Å². The number of aromatic nitrogens is 1. The molecule has 1 amide bonds. The molecule has 2 aliphatic heterocycles. The molecule has 2 aliphatic rings. The summed E-state index contributed by atoms with van der Waals surface area (Å²) >= 11 is 0. The van der Waals surface area contributed by atoms with Crippen LogP contribution in [-0.2, 0) is 16.6 Å². The maximum atomic E-state index is 12.9. The Morgan fingerprint density at radius 1 is 1.14 bits per heavy atom. The molecule has 0 spiro atoms. The van der Waals surface area contributed by atoms with E-state index in [1.165, 1.54) is 0 Å². The molecule has 1 aromatic carbocycles. The van der Waals surface area contributed by atoms with Gasteiger partial charge in [-0.15, -0.1) is 0 Å². The van der Waals surface area contributed by atoms with E-state index in [2.05, 4.69) is 10.1 Å². The monoisotopic (exact) mass is 404 g/mol. The van der Waals surface area contributed by atoms with Crippen molar-refractivity contribution in [2.75, 3.05) is 39.3 Å². The average Bonchev–Trinajstić information content (AvgIpc) is 3.06. The number of benzene rings is 1. The zero-order valence-electron chi connectivity index (χ0n) is 15.8. The van der Waals surface area contributed by atoms with Crippen molar-refractivity contribution in [3.63, 3.8) is 0 Å². The van der Waals surface area contributed by atoms with Crippen LogP contribution in [0.2, 0.25) is 0 Å². The topological polar surface area (TPSA) is 87.0 Å². The van der Waals surface area contributed by atoms with Crippen LogP contribution in [0, 0.1) is 6.92 Å². The molecule has 2 saturated heterocycles. The molecule has 8 nitrogen and oxygen atoms in total. The van der Waals surface area contributed by atoms with Crippen LogP contribution in [0.1, 0.15) is 21.8 Å². The molecule has 0 saturated carbocycles. The summed E-state index contributed by atoms with van der Waals surface area (Å²) in [6.07, 6.45) is 0. The second-order valence-corrected chi connectivity index (χ2v) is 9.57. The van der Waals surface area contributed by atoms with Crippen molar-refractivity contribution in [2.45, 2.75) is 18.7 Å². The summed E-state index contributed by atoms with van der Waals surface area (Å²) in [5.74, 6) is 0.682. The lowest BCUT2D eigenvalue weighted by Gasteiger charge is -2.42. The molecule has 4 rings (SSSR count). The summed E-state index contributed by atoms with van der Waals surface area (Å²) in [6.45, 7) is 5.24. The highest BCUT2D eigenvalue weighted by molar-refractivity contribution is 7.89. The Labute approximate surface area is 164 Å². The molecule has 0 N–H and O–H groups in total. The van der Waals surface area contributed by atoms with Gasteiger partial charge >= 0.3 is 0 Å². The van der Waals surface area contributed by atoms with E-state index in [0.717, 1.165) is 11.5 Å². The van der Waals surface area contributed by atoms with Crippen LogP contribution in [0.4, 0.5) is 0 Å². The molecule has 2 fully saturated rings. The van der Waals surface area contributed by atoms with Crippen molar-refractivity contribution in [3.05, 3.63) is 53.4 Å². The number of hydrogen-bond donors (Lipinski definition) is 0. The molecule has 0 unspecified atom stereocenters. The minimum absolute atomic E-state index is 0.112. The normalized spacial score (nSPS) is 19.5. The molecule has 1 aromatic heterocycles. The van der Waals surface area contributed by atoms with Crippen LogP contribution in [-0.4, -0.2) is 78.1 Å². The van der Waals surface area contributed by atoms with Gasteiger partial charge < -0.3 is 9.42 Å². The summed E-state index contributed by atoms with van der Waals surface area (Å²) in [6, 6.07) is 10.9. The fourth-order valence-corrected chi connectivity index (χ4v) is 5.45. The summed E-state index contributed by atoms with van der Waals surface area (Å²) < 4.78 is 32.6. The molecule has 9 heteroatoms. The summed E-state index contributed by atoms with van der Waals surface area (Å²) in [7, 11) is -3.39. The minimum Gasteiger partial charge on any atom is -0.360 e. The first-order valence-corrected chi connectivity index (χ1v) is 10.9. The van der Waals surface area contributed by atoms with Gasteiger partial charge in [-0.3, -0.25) is 9.69 Å². The minimum atomic E-state index is -3.39. The van der Waals surface area contributed by atoms with Gasteiger partial charge in [0.05, 0.1) is 12.2 Å². The number of sulfonamides is 1. The maximum Gasteiger partial charge on any atom is 0.253 e. The summed E-state index contributed by atoms with van der Waals surface area (Å²) in [4.78, 5) is 16.2. The largest absolute Gasteiger partial charge is 0.360 e. The molecule has 150 valence electrons. The van der Waals surface area contributed by atoms with Crippen LogP contribution in [0.5, 0.6) is 0 Å². The van der Waals surface area contributed by atoms with Gasteiger partial charge in [0, 0.05) is 50.9 Å². The lowest BCUT2D eigenvalue weighted by molar-refractivity contribution is 0.0652. The standard InChI is InChI=1S/C19H24N4O4S/c1-15-11-17(27-20-15)12-21-7-9-23(10-8-21)28(25,26)18-13-22(14-18)19(24)16-5-3-2-4-6-16/h2-6,11,18H,7-10,12-14H2,1H3. The van der Waals surface area contributed by atoms with Gasteiger partial charge in [0.1, 0.15) is 5.25 Å². The number of hydrogen-bond acceptors (Lipinski definition) is 6. The maximum absolute atomic E-state index is 12.9. The molecule has 0 radical (unpaired) electrons. The van der Waals surface area contributed by atoms with Crippen molar-refractivity contribution in [3.8, 4) is 0 Å². The summed E-state index contributed by atoms with van der Waals surface area (Å²) in [5.41, 5.74) is 1.44. The average molecular weight is 404 g/mol. The number of carbonyl (C=O) groups excluding carboxylic acids is 1. The number of carbonyl (C=O) groups is 1. The first-order chi connectivity index (χ1) is 13.4. The van der Waals surface area contributed by atoms with E-state index in [1.54, 1.807) is 33.5 Å². The number of piperazine rings is 1. The molecular formula is C19H24N4O4S. The molecule has 0 bridgehead atoms. The van der Waals surface area contributed by atoms with Crippen molar-refractivity contribution in [1.82, 2.24) is 19.3 Å². The summed E-state index contributed by atoms with van der Waals surface area (Å²) in [5, 5.41) is 3.37. The Bertz CT molecular complexity index is 930. The first-order valence-electron chi connectivity index (χ1n) is 9.41. The molecule has 2 aromatic rings. The second-order valence-electron chi connectivity index (χ2n) is 7.35. The van der Waals surface area contributed by atoms with Crippen LogP contribution in [0.3, 0.4) is 0 Å². The van der Waals surface area contributed by atoms with Crippen LogP contribution >= 0.6 is 0 Å². The van der Waals surface area contributed by atoms with Gasteiger partial charge in [0.2, 0.25) is 10.0 Å². The number of aryl methyl sites for hydroxylation is 1. The third kappa shape index (κ3) is 3.82. The quantitative estimate of drug-likeness (QED) is 0.738. The Kier molecular flexibility index (Phi) is 5.22. The van der Waals surface area contributed by atoms with Gasteiger partial charge in [0.25, 0.3) is 5.91 Å². The third-order valence-corrected chi connectivity index (χ3v) is 7.55. The Hall–Kier alpha value is -2.23. The van der Waals surface area contributed by atoms with Crippen molar-refractivity contribution in [1.29, 1.82) is 0 Å². The Morgan fingerprint density at radius 2 is 1.82 bits per heavy atom. The van der Waals surface area contributed by atoms with Crippen LogP contribution < -0.4 is 0 Å². The van der Waals surface area contributed by atoms with E-state index < -0.39 is 15.3 Å². The van der Waals surface area contributed by atoms with Crippen molar-refractivity contribution < 1.29 is 17.7 Å². The van der Waals surface area contributed by atoms with E-state index in [9.17, 15) is 13.2 Å². The Balaban J connectivity index is 1.29. The second kappa shape index (κ2) is 7.65. The van der Waals surface area contributed by atoms with E-state index in [1.807, 2.05) is 19.1 Å². The SMILES string of the molecule is Cc1cc(CN2CCN(S(=O)(=O)C3CN(C(=O)c4ccccc4)C3)CC2)on1. The van der Waals surface area contributed by atoms with E-state index in [-0.39, 0.29) is 19.0 Å². The van der Waals surface area contributed by atoms with Gasteiger partial charge in [-0.05, 0) is 19.1 Å². The van der Waals surface area contributed by atoms with Gasteiger partial charge in [-0.1, -0.05) is 23.4 Å². The van der Waals surface area contributed by atoms with E-state index >= 15 is 0 Å². The first kappa shape index (κ1) is 19.1. The van der Waals surface area contributed by atoms with E-state index in [0.29, 0.717) is 38.3 Å². The predicted octanol–water partition coefficient (Wildman–Crippen LogP) is 0.955. The van der Waals surface area contributed by atoms with Gasteiger partial charge in [0.15, 0.2) is 5.76 Å². The number of amides is 1. The lowest BCUT2D eigenvalue weighted by atomic mass is 10.1. The molecular weight excluding hydrogens is 380 g/mol. The van der Waals surface area contributed by atoms with Gasteiger partial charge in [-0.2, -0.15) is 4.31 Å². The zero-order chi connectivity index (χ0) is 19.7. The lowest BCUT2D eigenvalue weighted by Crippen LogP contribution is -2.61. The fraction of sp³-hybridized carbons (Fsp3) is 0.474. The highest BCUT2D eigenvalue weighted by atomic mass is 32.2. The fourth-order valence-electron chi connectivity index (χ4n) is 3.62. The number of likely N-dealkylation sites (tertiary alicyclic amines) is 1. The Morgan fingerprint density at radius 3 is 2.43 bits per heavy atom. The smallest absolute Gasteiger partial charge is 0.253 e. The molecule has 0 aliphatic carbocycles. The molecule has 3 heterocycles.